The number of carbonyl (C=O) groups is 1. The van der Waals surface area contributed by atoms with Crippen molar-refractivity contribution in [2.75, 3.05) is 26.6 Å². The number of carbonyl (C=O) groups excluding carboxylic acids is 1. The summed E-state index contributed by atoms with van der Waals surface area (Å²) in [7, 11) is 6.34. The molecular weight excluding hydrogens is 298 g/mol. The lowest BCUT2D eigenvalue weighted by atomic mass is 10.2. The molecular formula is C16H20N3O4+. The number of nitrogens with zero attached hydrogens (tertiary/aromatic N) is 2. The smallest absolute Gasteiger partial charge is 0.391 e. The third kappa shape index (κ3) is 3.88. The number of ether oxygens (including phenoxy) is 3. The SMILES string of the molecule is COC(=O)c1cnc(NCc2ccc(OC)c(OC)c2)[n+](C)c1. The minimum Gasteiger partial charge on any atom is -0.493 e. The Morgan fingerprint density at radius 3 is 2.57 bits per heavy atom. The molecule has 2 aromatic rings. The maximum atomic E-state index is 11.5. The molecule has 23 heavy (non-hydrogen) atoms. The zero-order valence-electron chi connectivity index (χ0n) is 13.6. The van der Waals surface area contributed by atoms with Crippen LogP contribution in [0, 0.1) is 0 Å². The van der Waals surface area contributed by atoms with Crippen LogP contribution in [0.1, 0.15) is 15.9 Å². The van der Waals surface area contributed by atoms with E-state index in [0.717, 1.165) is 5.56 Å². The Morgan fingerprint density at radius 2 is 1.96 bits per heavy atom. The van der Waals surface area contributed by atoms with Gasteiger partial charge in [-0.1, -0.05) is 11.1 Å². The Kier molecular flexibility index (Phi) is 5.35. The first kappa shape index (κ1) is 16.5. The molecule has 0 aliphatic rings. The van der Waals surface area contributed by atoms with Crippen molar-refractivity contribution >= 4 is 11.9 Å². The van der Waals surface area contributed by atoms with Crippen LogP contribution in [0.2, 0.25) is 0 Å². The summed E-state index contributed by atoms with van der Waals surface area (Å²) in [5.74, 6) is 1.57. The summed E-state index contributed by atoms with van der Waals surface area (Å²) in [6, 6.07) is 5.69. The first-order chi connectivity index (χ1) is 11.1. The van der Waals surface area contributed by atoms with Crippen molar-refractivity contribution in [2.24, 2.45) is 7.05 Å². The first-order valence-corrected chi connectivity index (χ1v) is 6.97. The van der Waals surface area contributed by atoms with Gasteiger partial charge in [0.15, 0.2) is 11.5 Å². The zero-order chi connectivity index (χ0) is 16.8. The van der Waals surface area contributed by atoms with Crippen LogP contribution in [0.15, 0.2) is 30.6 Å². The van der Waals surface area contributed by atoms with Gasteiger partial charge in [0.1, 0.15) is 11.8 Å². The highest BCUT2D eigenvalue weighted by Crippen LogP contribution is 2.27. The van der Waals surface area contributed by atoms with Gasteiger partial charge in [-0.05, 0) is 17.7 Å². The molecule has 0 fully saturated rings. The molecule has 0 aliphatic carbocycles. The number of aromatic nitrogens is 2. The van der Waals surface area contributed by atoms with Crippen LogP contribution in [0.25, 0.3) is 0 Å². The van der Waals surface area contributed by atoms with E-state index in [1.54, 1.807) is 32.0 Å². The van der Waals surface area contributed by atoms with Gasteiger partial charge < -0.3 is 14.2 Å². The molecule has 122 valence electrons. The van der Waals surface area contributed by atoms with Gasteiger partial charge in [0.25, 0.3) is 0 Å². The monoisotopic (exact) mass is 318 g/mol. The second-order valence-corrected chi connectivity index (χ2v) is 4.81. The van der Waals surface area contributed by atoms with Crippen molar-refractivity contribution in [1.29, 1.82) is 0 Å². The van der Waals surface area contributed by atoms with Gasteiger partial charge in [-0.25, -0.2) is 9.36 Å². The number of esters is 1. The Balaban J connectivity index is 2.10. The van der Waals surface area contributed by atoms with Crippen molar-refractivity contribution in [3.05, 3.63) is 41.7 Å². The predicted molar refractivity (Wildman–Crippen MR) is 83.6 cm³/mol. The van der Waals surface area contributed by atoms with Gasteiger partial charge >= 0.3 is 11.9 Å². The van der Waals surface area contributed by atoms with E-state index in [-0.39, 0.29) is 0 Å². The summed E-state index contributed by atoms with van der Waals surface area (Å²) < 4.78 is 16.9. The van der Waals surface area contributed by atoms with Crippen LogP contribution < -0.4 is 19.4 Å². The summed E-state index contributed by atoms with van der Waals surface area (Å²) in [4.78, 5) is 15.7. The number of rotatable bonds is 6. The standard InChI is InChI=1S/C16H19N3O4/c1-19-10-12(15(20)23-4)9-18-16(19)17-8-11-5-6-13(21-2)14(7-11)22-3/h5-7,9-10H,8H2,1-4H3/p+1. The number of nitrogens with one attached hydrogen (secondary N) is 1. The van der Waals surface area contributed by atoms with Gasteiger partial charge in [0.2, 0.25) is 0 Å². The molecule has 0 radical (unpaired) electrons. The number of methoxy groups -OCH3 is 3. The minimum atomic E-state index is -0.417. The van der Waals surface area contributed by atoms with E-state index in [1.807, 2.05) is 18.2 Å². The summed E-state index contributed by atoms with van der Waals surface area (Å²) >= 11 is 0. The lowest BCUT2D eigenvalue weighted by Gasteiger charge is -2.09. The Bertz CT molecular complexity index is 704. The highest BCUT2D eigenvalue weighted by Gasteiger charge is 2.14. The lowest BCUT2D eigenvalue weighted by molar-refractivity contribution is -0.660. The van der Waals surface area contributed by atoms with E-state index in [2.05, 4.69) is 15.0 Å². The van der Waals surface area contributed by atoms with Crippen molar-refractivity contribution < 1.29 is 23.6 Å². The molecule has 0 unspecified atom stereocenters. The molecule has 0 atom stereocenters. The largest absolute Gasteiger partial charge is 0.493 e. The average molecular weight is 318 g/mol. The fourth-order valence-corrected chi connectivity index (χ4v) is 2.09. The summed E-state index contributed by atoms with van der Waals surface area (Å²) in [5.41, 5.74) is 1.41. The molecule has 1 heterocycles. The van der Waals surface area contributed by atoms with Gasteiger partial charge in [-0.3, -0.25) is 5.32 Å². The van der Waals surface area contributed by atoms with E-state index in [9.17, 15) is 4.79 Å². The topological polar surface area (TPSA) is 73.6 Å². The molecule has 0 bridgehead atoms. The van der Waals surface area contributed by atoms with Crippen LogP contribution in [-0.2, 0) is 18.3 Å². The first-order valence-electron chi connectivity index (χ1n) is 6.97. The molecule has 2 rings (SSSR count). The van der Waals surface area contributed by atoms with Crippen LogP contribution in [0.4, 0.5) is 5.95 Å². The minimum absolute atomic E-state index is 0.395. The lowest BCUT2D eigenvalue weighted by Crippen LogP contribution is -2.34. The molecule has 0 aliphatic heterocycles. The molecule has 1 aromatic carbocycles. The average Bonchev–Trinajstić information content (AvgIpc) is 2.59. The van der Waals surface area contributed by atoms with Gasteiger partial charge in [0.05, 0.1) is 41.1 Å². The maximum Gasteiger partial charge on any atom is 0.391 e. The number of benzene rings is 1. The molecule has 0 saturated carbocycles. The fraction of sp³-hybridized carbons (Fsp3) is 0.312. The molecule has 7 heteroatoms. The van der Waals surface area contributed by atoms with E-state index in [1.165, 1.54) is 13.3 Å². The molecule has 0 amide bonds. The number of anilines is 1. The van der Waals surface area contributed by atoms with Crippen molar-refractivity contribution in [3.8, 4) is 11.5 Å². The van der Waals surface area contributed by atoms with Crippen molar-refractivity contribution in [3.63, 3.8) is 0 Å². The Labute approximate surface area is 134 Å². The molecule has 1 aromatic heterocycles. The Hall–Kier alpha value is -2.83. The van der Waals surface area contributed by atoms with Crippen LogP contribution >= 0.6 is 0 Å². The van der Waals surface area contributed by atoms with Gasteiger partial charge in [0, 0.05) is 0 Å². The third-order valence-corrected chi connectivity index (χ3v) is 3.31. The quantitative estimate of drug-likeness (QED) is 0.640. The van der Waals surface area contributed by atoms with Crippen LogP contribution in [0.3, 0.4) is 0 Å². The Morgan fingerprint density at radius 1 is 1.22 bits per heavy atom. The predicted octanol–water partition coefficient (Wildman–Crippen LogP) is 1.32. The number of aryl methyl sites for hydroxylation is 1. The van der Waals surface area contributed by atoms with E-state index in [0.29, 0.717) is 29.6 Å². The van der Waals surface area contributed by atoms with Crippen molar-refractivity contribution in [1.82, 2.24) is 4.98 Å². The maximum absolute atomic E-state index is 11.5. The normalized spacial score (nSPS) is 10.1. The summed E-state index contributed by atoms with van der Waals surface area (Å²) in [6.07, 6.45) is 3.14. The van der Waals surface area contributed by atoms with E-state index in [4.69, 9.17) is 9.47 Å². The second-order valence-electron chi connectivity index (χ2n) is 4.81. The third-order valence-electron chi connectivity index (χ3n) is 3.31. The fourth-order valence-electron chi connectivity index (χ4n) is 2.09. The van der Waals surface area contributed by atoms with E-state index < -0.39 is 5.97 Å². The number of hydrogen-bond acceptors (Lipinski definition) is 6. The van der Waals surface area contributed by atoms with Gasteiger partial charge in [-0.2, -0.15) is 0 Å². The van der Waals surface area contributed by atoms with E-state index >= 15 is 0 Å². The highest BCUT2D eigenvalue weighted by atomic mass is 16.5. The molecule has 0 saturated heterocycles. The van der Waals surface area contributed by atoms with Crippen molar-refractivity contribution in [2.45, 2.75) is 6.54 Å². The highest BCUT2D eigenvalue weighted by molar-refractivity contribution is 5.88. The van der Waals surface area contributed by atoms with Gasteiger partial charge in [-0.15, -0.1) is 0 Å². The summed E-state index contributed by atoms with van der Waals surface area (Å²) in [5, 5.41) is 3.21. The molecule has 1 N–H and O–H groups in total. The molecule has 0 spiro atoms. The zero-order valence-corrected chi connectivity index (χ0v) is 13.6. The second kappa shape index (κ2) is 7.44. The summed E-state index contributed by atoms with van der Waals surface area (Å²) in [6.45, 7) is 0.554. The molecule has 7 nitrogen and oxygen atoms in total. The van der Waals surface area contributed by atoms with Crippen LogP contribution in [-0.4, -0.2) is 32.3 Å². The number of hydrogen-bond donors (Lipinski definition) is 1. The van der Waals surface area contributed by atoms with Crippen LogP contribution in [0.5, 0.6) is 11.5 Å².